The lowest BCUT2D eigenvalue weighted by Crippen LogP contribution is -2.28. The first-order valence-corrected chi connectivity index (χ1v) is 13.6. The van der Waals surface area contributed by atoms with Gasteiger partial charge in [0.15, 0.2) is 6.10 Å². The van der Waals surface area contributed by atoms with Crippen LogP contribution in [-0.4, -0.2) is 27.5 Å². The molecule has 1 atom stereocenters. The summed E-state index contributed by atoms with van der Waals surface area (Å²) >= 11 is 0. The fraction of sp³-hybridized carbons (Fsp3) is 0.412. The van der Waals surface area contributed by atoms with E-state index in [2.05, 4.69) is 20.8 Å². The topological polar surface area (TPSA) is 66.8 Å². The fourth-order valence-corrected chi connectivity index (χ4v) is 5.47. The van der Waals surface area contributed by atoms with Gasteiger partial charge in [-0.15, -0.1) is 0 Å². The average molecular weight is 528 g/mol. The number of carbonyl (C=O) groups excluding carboxylic acids is 1. The SMILES string of the molecule is Cc1ccc(-c2c(C)c3c(c(C)c2[C@H](OC(C)(C)C)C(=O)O)CN(C(=O)c2ccc(C(C)(C)C)cc2)C3)cc1. The third kappa shape index (κ3) is 5.79. The van der Waals surface area contributed by atoms with E-state index < -0.39 is 17.7 Å². The van der Waals surface area contributed by atoms with Crippen molar-refractivity contribution in [2.24, 2.45) is 0 Å². The van der Waals surface area contributed by atoms with Crippen molar-refractivity contribution in [1.29, 1.82) is 0 Å². The third-order valence-corrected chi connectivity index (χ3v) is 7.60. The Hall–Kier alpha value is -3.44. The Morgan fingerprint density at radius 1 is 0.821 bits per heavy atom. The summed E-state index contributed by atoms with van der Waals surface area (Å²) in [6.45, 7) is 19.0. The molecular weight excluding hydrogens is 486 g/mol. The first-order chi connectivity index (χ1) is 18.1. The van der Waals surface area contributed by atoms with Gasteiger partial charge in [0.25, 0.3) is 5.91 Å². The van der Waals surface area contributed by atoms with Crippen molar-refractivity contribution in [3.05, 3.63) is 93.0 Å². The van der Waals surface area contributed by atoms with E-state index in [-0.39, 0.29) is 11.3 Å². The second-order valence-corrected chi connectivity index (χ2v) is 12.8. The second-order valence-electron chi connectivity index (χ2n) is 12.8. The van der Waals surface area contributed by atoms with Crippen molar-refractivity contribution in [3.8, 4) is 11.1 Å². The number of rotatable bonds is 5. The van der Waals surface area contributed by atoms with Gasteiger partial charge in [0, 0.05) is 24.2 Å². The number of ether oxygens (including phenoxy) is 1. The summed E-state index contributed by atoms with van der Waals surface area (Å²) in [5.74, 6) is -1.05. The van der Waals surface area contributed by atoms with Gasteiger partial charge in [-0.2, -0.15) is 0 Å². The molecule has 1 aliphatic rings. The first kappa shape index (κ1) is 28.6. The summed E-state index contributed by atoms with van der Waals surface area (Å²) in [5, 5.41) is 10.3. The normalized spacial score (nSPS) is 14.3. The molecule has 0 unspecified atom stereocenters. The van der Waals surface area contributed by atoms with Crippen molar-refractivity contribution in [2.45, 2.75) is 92.5 Å². The fourth-order valence-electron chi connectivity index (χ4n) is 5.47. The summed E-state index contributed by atoms with van der Waals surface area (Å²) in [5.41, 5.74) is 8.80. The predicted molar refractivity (Wildman–Crippen MR) is 156 cm³/mol. The summed E-state index contributed by atoms with van der Waals surface area (Å²) in [7, 11) is 0. The molecule has 0 radical (unpaired) electrons. The van der Waals surface area contributed by atoms with Crippen molar-refractivity contribution in [1.82, 2.24) is 4.90 Å². The lowest BCUT2D eigenvalue weighted by Gasteiger charge is -2.29. The number of carbonyl (C=O) groups is 2. The van der Waals surface area contributed by atoms with Crippen LogP contribution in [0.15, 0.2) is 48.5 Å². The Kier molecular flexibility index (Phi) is 7.52. The molecule has 0 saturated carbocycles. The average Bonchev–Trinajstić information content (AvgIpc) is 3.30. The van der Waals surface area contributed by atoms with Crippen LogP contribution in [0.2, 0.25) is 0 Å². The van der Waals surface area contributed by atoms with E-state index in [0.29, 0.717) is 24.2 Å². The van der Waals surface area contributed by atoms with E-state index in [1.807, 2.05) is 95.0 Å². The van der Waals surface area contributed by atoms with E-state index in [1.165, 1.54) is 5.56 Å². The number of nitrogens with zero attached hydrogens (tertiary/aromatic N) is 1. The summed E-state index contributed by atoms with van der Waals surface area (Å²) in [6, 6.07) is 16.0. The molecule has 0 spiro atoms. The van der Waals surface area contributed by atoms with Gasteiger partial charge in [0.05, 0.1) is 5.60 Å². The Morgan fingerprint density at radius 3 is 1.85 bits per heavy atom. The van der Waals surface area contributed by atoms with Gasteiger partial charge in [-0.25, -0.2) is 4.79 Å². The van der Waals surface area contributed by atoms with Gasteiger partial charge in [0.1, 0.15) is 0 Å². The molecule has 5 nitrogen and oxygen atoms in total. The minimum atomic E-state index is -1.14. The van der Waals surface area contributed by atoms with Crippen LogP contribution in [0.25, 0.3) is 11.1 Å². The molecule has 1 heterocycles. The number of aryl methyl sites for hydroxylation is 1. The second kappa shape index (κ2) is 10.3. The molecule has 3 aromatic carbocycles. The standard InChI is InChI=1S/C34H41NO4/c1-20-10-12-23(13-11-20)28-21(2)26-18-35(31(36)24-14-16-25(17-15-24)33(4,5)6)19-27(26)22(3)29(28)30(32(37)38)39-34(7,8)9/h10-17,30H,18-19H2,1-9H3,(H,37,38)/t30-/m0/s1. The zero-order valence-electron chi connectivity index (χ0n) is 24.7. The highest BCUT2D eigenvalue weighted by Crippen LogP contribution is 2.44. The van der Waals surface area contributed by atoms with Gasteiger partial charge < -0.3 is 14.7 Å². The smallest absolute Gasteiger partial charge is 0.337 e. The van der Waals surface area contributed by atoms with Crippen molar-refractivity contribution in [3.63, 3.8) is 0 Å². The Bertz CT molecular complexity index is 1400. The molecule has 1 N–H and O–H groups in total. The van der Waals surface area contributed by atoms with Gasteiger partial charge in [-0.3, -0.25) is 4.79 Å². The zero-order chi connectivity index (χ0) is 28.9. The molecule has 0 bridgehead atoms. The number of fused-ring (bicyclic) bond motifs is 1. The molecule has 1 amide bonds. The van der Waals surface area contributed by atoms with Crippen LogP contribution in [0.5, 0.6) is 0 Å². The van der Waals surface area contributed by atoms with Gasteiger partial charge in [-0.05, 0) is 98.0 Å². The molecule has 5 heteroatoms. The summed E-state index contributed by atoms with van der Waals surface area (Å²) < 4.78 is 6.17. The van der Waals surface area contributed by atoms with E-state index >= 15 is 0 Å². The van der Waals surface area contributed by atoms with E-state index in [9.17, 15) is 14.7 Å². The number of hydrogen-bond acceptors (Lipinski definition) is 3. The van der Waals surface area contributed by atoms with E-state index in [4.69, 9.17) is 4.74 Å². The zero-order valence-corrected chi connectivity index (χ0v) is 24.7. The molecule has 0 aliphatic carbocycles. The first-order valence-electron chi connectivity index (χ1n) is 13.6. The number of carboxylic acid groups (broad SMARTS) is 1. The van der Waals surface area contributed by atoms with Crippen LogP contribution in [0.4, 0.5) is 0 Å². The number of benzene rings is 3. The number of hydrogen-bond donors (Lipinski definition) is 1. The largest absolute Gasteiger partial charge is 0.479 e. The molecule has 206 valence electrons. The quantitative estimate of drug-likeness (QED) is 0.370. The highest BCUT2D eigenvalue weighted by Gasteiger charge is 2.36. The molecule has 1 aliphatic heterocycles. The van der Waals surface area contributed by atoms with Crippen molar-refractivity contribution < 1.29 is 19.4 Å². The maximum Gasteiger partial charge on any atom is 0.337 e. The summed E-state index contributed by atoms with van der Waals surface area (Å²) in [6.07, 6.45) is -1.14. The summed E-state index contributed by atoms with van der Waals surface area (Å²) in [4.78, 5) is 28.1. The minimum Gasteiger partial charge on any atom is -0.479 e. The maximum atomic E-state index is 13.6. The Labute approximate surface area is 232 Å². The van der Waals surface area contributed by atoms with Gasteiger partial charge in [-0.1, -0.05) is 62.7 Å². The molecule has 0 aromatic heterocycles. The molecule has 0 fully saturated rings. The van der Waals surface area contributed by atoms with Gasteiger partial charge in [0.2, 0.25) is 0 Å². The van der Waals surface area contributed by atoms with E-state index in [0.717, 1.165) is 38.9 Å². The molecular formula is C34H41NO4. The maximum absolute atomic E-state index is 13.6. The predicted octanol–water partition coefficient (Wildman–Crippen LogP) is 7.67. The number of amides is 1. The highest BCUT2D eigenvalue weighted by atomic mass is 16.5. The van der Waals surface area contributed by atoms with Crippen LogP contribution >= 0.6 is 0 Å². The molecule has 4 rings (SSSR count). The lowest BCUT2D eigenvalue weighted by molar-refractivity contribution is -0.160. The molecule has 3 aromatic rings. The monoisotopic (exact) mass is 527 g/mol. The Morgan fingerprint density at radius 2 is 1.36 bits per heavy atom. The van der Waals surface area contributed by atoms with Gasteiger partial charge >= 0.3 is 5.97 Å². The van der Waals surface area contributed by atoms with Crippen molar-refractivity contribution >= 4 is 11.9 Å². The van der Waals surface area contributed by atoms with Crippen molar-refractivity contribution in [2.75, 3.05) is 0 Å². The van der Waals surface area contributed by atoms with Crippen LogP contribution in [-0.2, 0) is 28.0 Å². The van der Waals surface area contributed by atoms with E-state index in [1.54, 1.807) is 0 Å². The van der Waals surface area contributed by atoms with Crippen LogP contribution in [0.3, 0.4) is 0 Å². The van der Waals surface area contributed by atoms with Crippen LogP contribution in [0, 0.1) is 20.8 Å². The van der Waals surface area contributed by atoms with Crippen LogP contribution < -0.4 is 0 Å². The Balaban J connectivity index is 1.83. The van der Waals surface area contributed by atoms with Crippen LogP contribution in [0.1, 0.15) is 96.9 Å². The molecule has 0 saturated heterocycles. The number of aliphatic carboxylic acids is 1. The third-order valence-electron chi connectivity index (χ3n) is 7.60. The minimum absolute atomic E-state index is 0.0122. The molecule has 39 heavy (non-hydrogen) atoms. The lowest BCUT2D eigenvalue weighted by atomic mass is 9.83. The number of carboxylic acids is 1. The highest BCUT2D eigenvalue weighted by molar-refractivity contribution is 5.95.